The van der Waals surface area contributed by atoms with Gasteiger partial charge in [0.25, 0.3) is 5.91 Å². The van der Waals surface area contributed by atoms with E-state index in [0.29, 0.717) is 30.2 Å². The third-order valence-corrected chi connectivity index (χ3v) is 3.56. The van der Waals surface area contributed by atoms with E-state index in [1.54, 1.807) is 39.5 Å². The molecule has 0 aliphatic rings. The van der Waals surface area contributed by atoms with Gasteiger partial charge in [0.1, 0.15) is 23.1 Å². The number of carbonyl (C=O) groups is 1. The number of ether oxygens (including phenoxy) is 3. The minimum Gasteiger partial charge on any atom is -0.496 e. The third-order valence-electron chi connectivity index (χ3n) is 3.56. The lowest BCUT2D eigenvalue weighted by molar-refractivity contribution is 0.0953. The number of hydrogen-bond donors (Lipinski definition) is 1. The summed E-state index contributed by atoms with van der Waals surface area (Å²) in [6, 6.07) is 9.07. The molecule has 0 aromatic heterocycles. The number of methoxy groups -OCH3 is 3. The summed E-state index contributed by atoms with van der Waals surface area (Å²) in [5.74, 6) is 1.08. The van der Waals surface area contributed by atoms with Crippen molar-refractivity contribution in [3.8, 4) is 17.2 Å². The molecular formula is C18H20FNO4. The average molecular weight is 333 g/mol. The monoisotopic (exact) mass is 333 g/mol. The van der Waals surface area contributed by atoms with Gasteiger partial charge in [0.2, 0.25) is 0 Å². The molecular weight excluding hydrogens is 313 g/mol. The zero-order chi connectivity index (χ0) is 17.5. The van der Waals surface area contributed by atoms with Crippen molar-refractivity contribution < 1.29 is 23.4 Å². The highest BCUT2D eigenvalue weighted by Crippen LogP contribution is 2.34. The fraction of sp³-hybridized carbons (Fsp3) is 0.278. The van der Waals surface area contributed by atoms with Crippen LogP contribution in [0.15, 0.2) is 36.4 Å². The van der Waals surface area contributed by atoms with Gasteiger partial charge in [-0.15, -0.1) is 0 Å². The van der Waals surface area contributed by atoms with Crippen LogP contribution in [0.3, 0.4) is 0 Å². The number of hydrogen-bond acceptors (Lipinski definition) is 4. The van der Waals surface area contributed by atoms with Crippen molar-refractivity contribution in [1.29, 1.82) is 0 Å². The SMILES string of the molecule is COc1cc(OC)c(CCNC(=O)c2cccc(F)c2)c(OC)c1. The molecule has 0 radical (unpaired) electrons. The fourth-order valence-electron chi connectivity index (χ4n) is 2.36. The van der Waals surface area contributed by atoms with E-state index in [0.717, 1.165) is 5.56 Å². The molecule has 6 heteroatoms. The second-order valence-electron chi connectivity index (χ2n) is 5.03. The normalized spacial score (nSPS) is 10.2. The number of amides is 1. The van der Waals surface area contributed by atoms with Crippen LogP contribution in [0.4, 0.5) is 4.39 Å². The molecule has 2 aromatic carbocycles. The molecule has 0 saturated heterocycles. The van der Waals surface area contributed by atoms with Crippen LogP contribution in [0.2, 0.25) is 0 Å². The van der Waals surface area contributed by atoms with Crippen LogP contribution in [0, 0.1) is 5.82 Å². The van der Waals surface area contributed by atoms with Gasteiger partial charge >= 0.3 is 0 Å². The van der Waals surface area contributed by atoms with E-state index in [2.05, 4.69) is 5.32 Å². The Hall–Kier alpha value is -2.76. The molecule has 1 amide bonds. The van der Waals surface area contributed by atoms with E-state index in [1.807, 2.05) is 0 Å². The molecule has 2 aromatic rings. The smallest absolute Gasteiger partial charge is 0.251 e. The van der Waals surface area contributed by atoms with Gasteiger partial charge in [-0.3, -0.25) is 4.79 Å². The summed E-state index contributed by atoms with van der Waals surface area (Å²) in [7, 11) is 4.68. The fourth-order valence-corrected chi connectivity index (χ4v) is 2.36. The Morgan fingerprint density at radius 2 is 1.71 bits per heavy atom. The molecule has 24 heavy (non-hydrogen) atoms. The first-order chi connectivity index (χ1) is 11.6. The van der Waals surface area contributed by atoms with Gasteiger partial charge in [-0.25, -0.2) is 4.39 Å². The minimum absolute atomic E-state index is 0.281. The van der Waals surface area contributed by atoms with Gasteiger partial charge in [0.15, 0.2) is 0 Å². The molecule has 0 saturated carbocycles. The Morgan fingerprint density at radius 1 is 1.04 bits per heavy atom. The van der Waals surface area contributed by atoms with Gasteiger partial charge in [0, 0.05) is 29.8 Å². The minimum atomic E-state index is -0.443. The van der Waals surface area contributed by atoms with Crippen LogP contribution >= 0.6 is 0 Å². The second kappa shape index (κ2) is 8.19. The van der Waals surface area contributed by atoms with Crippen molar-refractivity contribution in [3.63, 3.8) is 0 Å². The maximum Gasteiger partial charge on any atom is 0.251 e. The molecule has 128 valence electrons. The van der Waals surface area contributed by atoms with E-state index < -0.39 is 5.82 Å². The Morgan fingerprint density at radius 3 is 2.25 bits per heavy atom. The van der Waals surface area contributed by atoms with E-state index >= 15 is 0 Å². The van der Waals surface area contributed by atoms with Crippen molar-refractivity contribution in [2.75, 3.05) is 27.9 Å². The lowest BCUT2D eigenvalue weighted by atomic mass is 10.1. The van der Waals surface area contributed by atoms with Crippen LogP contribution in [-0.2, 0) is 6.42 Å². The summed E-state index contributed by atoms with van der Waals surface area (Å²) in [5, 5.41) is 2.76. The molecule has 5 nitrogen and oxygen atoms in total. The average Bonchev–Trinajstić information content (AvgIpc) is 2.61. The van der Waals surface area contributed by atoms with E-state index in [9.17, 15) is 9.18 Å². The maximum atomic E-state index is 13.2. The first kappa shape index (κ1) is 17.6. The van der Waals surface area contributed by atoms with Crippen LogP contribution < -0.4 is 19.5 Å². The molecule has 0 aliphatic heterocycles. The Balaban J connectivity index is 2.07. The highest BCUT2D eigenvalue weighted by atomic mass is 19.1. The lowest BCUT2D eigenvalue weighted by Crippen LogP contribution is -2.26. The molecule has 2 rings (SSSR count). The highest BCUT2D eigenvalue weighted by molar-refractivity contribution is 5.94. The van der Waals surface area contributed by atoms with Crippen LogP contribution in [-0.4, -0.2) is 33.8 Å². The number of benzene rings is 2. The molecule has 0 aliphatic carbocycles. The lowest BCUT2D eigenvalue weighted by Gasteiger charge is -2.15. The Bertz CT molecular complexity index is 693. The molecule has 1 N–H and O–H groups in total. The number of nitrogens with one attached hydrogen (secondary N) is 1. The second-order valence-corrected chi connectivity index (χ2v) is 5.03. The zero-order valence-corrected chi connectivity index (χ0v) is 13.9. The summed E-state index contributed by atoms with van der Waals surface area (Å²) in [6.07, 6.45) is 0.497. The summed E-state index contributed by atoms with van der Waals surface area (Å²) in [6.45, 7) is 0.356. The predicted octanol–water partition coefficient (Wildman–Crippen LogP) is 2.82. The summed E-state index contributed by atoms with van der Waals surface area (Å²) < 4.78 is 29.1. The van der Waals surface area contributed by atoms with Crippen molar-refractivity contribution in [2.45, 2.75) is 6.42 Å². The topological polar surface area (TPSA) is 56.8 Å². The number of rotatable bonds is 7. The van der Waals surface area contributed by atoms with Gasteiger partial charge in [-0.1, -0.05) is 6.07 Å². The number of halogens is 1. The zero-order valence-electron chi connectivity index (χ0n) is 13.9. The first-order valence-electron chi connectivity index (χ1n) is 7.41. The molecule has 0 unspecified atom stereocenters. The summed E-state index contributed by atoms with van der Waals surface area (Å²) >= 11 is 0. The van der Waals surface area contributed by atoms with Crippen LogP contribution in [0.25, 0.3) is 0 Å². The van der Waals surface area contributed by atoms with Crippen molar-refractivity contribution >= 4 is 5.91 Å². The number of carbonyl (C=O) groups excluding carboxylic acids is 1. The van der Waals surface area contributed by atoms with Crippen LogP contribution in [0.1, 0.15) is 15.9 Å². The van der Waals surface area contributed by atoms with Gasteiger partial charge in [-0.05, 0) is 24.6 Å². The third kappa shape index (κ3) is 4.16. The van der Waals surface area contributed by atoms with E-state index in [1.165, 1.54) is 18.2 Å². The highest BCUT2D eigenvalue weighted by Gasteiger charge is 2.14. The van der Waals surface area contributed by atoms with Crippen molar-refractivity contribution in [2.24, 2.45) is 0 Å². The van der Waals surface area contributed by atoms with Gasteiger partial charge in [-0.2, -0.15) is 0 Å². The molecule has 0 atom stereocenters. The first-order valence-corrected chi connectivity index (χ1v) is 7.41. The van der Waals surface area contributed by atoms with E-state index in [4.69, 9.17) is 14.2 Å². The Labute approximate surface area is 140 Å². The van der Waals surface area contributed by atoms with E-state index in [-0.39, 0.29) is 11.5 Å². The Kier molecular flexibility index (Phi) is 6.01. The molecule has 0 heterocycles. The molecule has 0 bridgehead atoms. The molecule has 0 spiro atoms. The standard InChI is InChI=1S/C18H20FNO4/c1-22-14-10-16(23-2)15(17(11-14)24-3)7-8-20-18(21)12-5-4-6-13(19)9-12/h4-6,9-11H,7-8H2,1-3H3,(H,20,21). The largest absolute Gasteiger partial charge is 0.496 e. The summed E-state index contributed by atoms with van der Waals surface area (Å²) in [4.78, 5) is 12.0. The van der Waals surface area contributed by atoms with Crippen molar-refractivity contribution in [3.05, 3.63) is 53.3 Å². The maximum absolute atomic E-state index is 13.2. The summed E-state index contributed by atoms with van der Waals surface area (Å²) in [5.41, 5.74) is 1.10. The van der Waals surface area contributed by atoms with Gasteiger partial charge < -0.3 is 19.5 Å². The van der Waals surface area contributed by atoms with Gasteiger partial charge in [0.05, 0.1) is 21.3 Å². The van der Waals surface area contributed by atoms with Crippen molar-refractivity contribution in [1.82, 2.24) is 5.32 Å². The molecule has 0 fully saturated rings. The predicted molar refractivity (Wildman–Crippen MR) is 88.5 cm³/mol. The van der Waals surface area contributed by atoms with Crippen LogP contribution in [0.5, 0.6) is 17.2 Å². The quantitative estimate of drug-likeness (QED) is 0.846.